The number of carboxylic acid groups (broad SMARTS) is 1. The third-order valence-electron chi connectivity index (χ3n) is 3.66. The van der Waals surface area contributed by atoms with Crippen LogP contribution >= 0.6 is 0 Å². The molecule has 0 amide bonds. The summed E-state index contributed by atoms with van der Waals surface area (Å²) < 4.78 is 5.27. The molecule has 0 spiro atoms. The van der Waals surface area contributed by atoms with E-state index in [-0.39, 0.29) is 0 Å². The van der Waals surface area contributed by atoms with E-state index in [1.165, 1.54) is 0 Å². The van der Waals surface area contributed by atoms with Gasteiger partial charge in [-0.25, -0.2) is 4.79 Å². The van der Waals surface area contributed by atoms with Crippen molar-refractivity contribution in [2.24, 2.45) is 0 Å². The summed E-state index contributed by atoms with van der Waals surface area (Å²) in [5.41, 5.74) is 3.11. The minimum Gasteiger partial charge on any atom is -0.508 e. The van der Waals surface area contributed by atoms with E-state index >= 15 is 0 Å². The molecule has 1 aromatic carbocycles. The van der Waals surface area contributed by atoms with Gasteiger partial charge in [0.25, 0.3) is 0 Å². The quantitative estimate of drug-likeness (QED) is 0.856. The summed E-state index contributed by atoms with van der Waals surface area (Å²) in [4.78, 5) is 11.2. The highest BCUT2D eigenvalue weighted by atomic mass is 16.5. The van der Waals surface area contributed by atoms with E-state index in [4.69, 9.17) is 9.84 Å². The minimum atomic E-state index is -0.931. The number of aliphatic carboxylic acids is 1. The van der Waals surface area contributed by atoms with E-state index in [9.17, 15) is 9.90 Å². The van der Waals surface area contributed by atoms with E-state index in [0.717, 1.165) is 42.4 Å². The van der Waals surface area contributed by atoms with Crippen molar-refractivity contribution in [2.75, 3.05) is 6.61 Å². The molecule has 1 aliphatic rings. The molecule has 0 bridgehead atoms. The molecule has 1 unspecified atom stereocenters. The van der Waals surface area contributed by atoms with Gasteiger partial charge in [0.05, 0.1) is 0 Å². The van der Waals surface area contributed by atoms with Crippen LogP contribution in [0.2, 0.25) is 0 Å². The van der Waals surface area contributed by atoms with Crippen molar-refractivity contribution >= 4 is 5.97 Å². The Labute approximate surface area is 113 Å². The van der Waals surface area contributed by atoms with Crippen LogP contribution in [0.15, 0.2) is 12.1 Å². The molecule has 1 aliphatic carbocycles. The van der Waals surface area contributed by atoms with Gasteiger partial charge in [-0.05, 0) is 55.4 Å². The van der Waals surface area contributed by atoms with E-state index in [1.807, 2.05) is 6.07 Å². The fraction of sp³-hybridized carbons (Fsp3) is 0.533. The number of phenolic OH excluding ortho intramolecular Hbond substituents is 1. The van der Waals surface area contributed by atoms with Crippen LogP contribution in [-0.2, 0) is 28.8 Å². The number of aromatic hydroxyl groups is 1. The molecule has 2 N–H and O–H groups in total. The number of hydrogen-bond donors (Lipinski definition) is 2. The maximum Gasteiger partial charge on any atom is 0.333 e. The molecule has 0 saturated carbocycles. The maximum atomic E-state index is 11.2. The van der Waals surface area contributed by atoms with Gasteiger partial charge in [0.15, 0.2) is 6.10 Å². The Kier molecular flexibility index (Phi) is 4.43. The van der Waals surface area contributed by atoms with Crippen molar-refractivity contribution in [3.63, 3.8) is 0 Å². The van der Waals surface area contributed by atoms with E-state index < -0.39 is 12.1 Å². The Morgan fingerprint density at radius 3 is 2.63 bits per heavy atom. The predicted octanol–water partition coefficient (Wildman–Crippen LogP) is 2.30. The zero-order valence-electron chi connectivity index (χ0n) is 11.2. The number of carboxylic acids is 1. The zero-order valence-corrected chi connectivity index (χ0v) is 11.2. The molecule has 2 rings (SSSR count). The monoisotopic (exact) mass is 264 g/mol. The molecule has 104 valence electrons. The summed E-state index contributed by atoms with van der Waals surface area (Å²) in [6.45, 7) is 2.18. The molecular weight excluding hydrogens is 244 g/mol. The Bertz CT molecular complexity index is 467. The molecule has 0 saturated heterocycles. The first-order valence-corrected chi connectivity index (χ1v) is 6.80. The van der Waals surface area contributed by atoms with Crippen LogP contribution in [0.3, 0.4) is 0 Å². The van der Waals surface area contributed by atoms with E-state index in [2.05, 4.69) is 0 Å². The fourth-order valence-corrected chi connectivity index (χ4v) is 2.73. The molecule has 4 heteroatoms. The van der Waals surface area contributed by atoms with Crippen LogP contribution in [0, 0.1) is 0 Å². The number of fused-ring (bicyclic) bond motifs is 1. The third kappa shape index (κ3) is 3.07. The minimum absolute atomic E-state index is 0.335. The first-order valence-electron chi connectivity index (χ1n) is 6.80. The molecule has 0 fully saturated rings. The second-order valence-corrected chi connectivity index (χ2v) is 4.89. The van der Waals surface area contributed by atoms with Crippen molar-refractivity contribution < 1.29 is 19.7 Å². The van der Waals surface area contributed by atoms with Crippen LogP contribution in [0.4, 0.5) is 0 Å². The lowest BCUT2D eigenvalue weighted by Gasteiger charge is -2.22. The SMILES string of the molecule is CCOC(Cc1ccc(O)c2c1CCCC2)C(=O)O. The molecule has 19 heavy (non-hydrogen) atoms. The van der Waals surface area contributed by atoms with Gasteiger partial charge in [-0.3, -0.25) is 0 Å². The van der Waals surface area contributed by atoms with Crippen LogP contribution in [-0.4, -0.2) is 28.9 Å². The van der Waals surface area contributed by atoms with E-state index in [0.29, 0.717) is 18.8 Å². The van der Waals surface area contributed by atoms with Gasteiger partial charge >= 0.3 is 5.97 Å². The maximum absolute atomic E-state index is 11.2. The number of rotatable bonds is 5. The topological polar surface area (TPSA) is 66.8 Å². The van der Waals surface area contributed by atoms with Gasteiger partial charge in [-0.2, -0.15) is 0 Å². The number of phenols is 1. The summed E-state index contributed by atoms with van der Waals surface area (Å²) in [5, 5.41) is 19.0. The summed E-state index contributed by atoms with van der Waals surface area (Å²) in [6, 6.07) is 3.50. The van der Waals surface area contributed by atoms with Gasteiger partial charge in [0, 0.05) is 13.0 Å². The van der Waals surface area contributed by atoms with Crippen LogP contribution < -0.4 is 0 Å². The van der Waals surface area contributed by atoms with E-state index in [1.54, 1.807) is 13.0 Å². The standard InChI is InChI=1S/C15H20O4/c1-2-19-14(15(17)18)9-10-7-8-13(16)12-6-4-3-5-11(10)12/h7-8,14,16H,2-6,9H2,1H3,(H,17,18). The fourth-order valence-electron chi connectivity index (χ4n) is 2.73. The van der Waals surface area contributed by atoms with Gasteiger partial charge in [-0.1, -0.05) is 6.07 Å². The van der Waals surface area contributed by atoms with Crippen LogP contribution in [0.5, 0.6) is 5.75 Å². The summed E-state index contributed by atoms with van der Waals surface area (Å²) >= 11 is 0. The Morgan fingerprint density at radius 1 is 1.32 bits per heavy atom. The van der Waals surface area contributed by atoms with Crippen molar-refractivity contribution in [1.29, 1.82) is 0 Å². The molecule has 0 radical (unpaired) electrons. The van der Waals surface area contributed by atoms with Gasteiger partial charge in [-0.15, -0.1) is 0 Å². The highest BCUT2D eigenvalue weighted by molar-refractivity contribution is 5.73. The average molecular weight is 264 g/mol. The molecule has 1 atom stereocenters. The Morgan fingerprint density at radius 2 is 2.00 bits per heavy atom. The third-order valence-corrected chi connectivity index (χ3v) is 3.66. The number of carbonyl (C=O) groups is 1. The lowest BCUT2D eigenvalue weighted by molar-refractivity contribution is -0.149. The van der Waals surface area contributed by atoms with Crippen molar-refractivity contribution in [3.8, 4) is 5.75 Å². The first-order chi connectivity index (χ1) is 9.13. The molecule has 0 aliphatic heterocycles. The number of ether oxygens (including phenoxy) is 1. The summed E-state index contributed by atoms with van der Waals surface area (Å²) in [7, 11) is 0. The summed E-state index contributed by atoms with van der Waals surface area (Å²) in [6.07, 6.45) is 3.53. The Balaban J connectivity index is 2.27. The lowest BCUT2D eigenvalue weighted by Crippen LogP contribution is -2.27. The van der Waals surface area contributed by atoms with Crippen molar-refractivity contribution in [2.45, 2.75) is 45.1 Å². The van der Waals surface area contributed by atoms with Crippen molar-refractivity contribution in [1.82, 2.24) is 0 Å². The second-order valence-electron chi connectivity index (χ2n) is 4.89. The highest BCUT2D eigenvalue weighted by Gasteiger charge is 2.22. The normalized spacial score (nSPS) is 15.8. The number of benzene rings is 1. The highest BCUT2D eigenvalue weighted by Crippen LogP contribution is 2.32. The predicted molar refractivity (Wildman–Crippen MR) is 71.5 cm³/mol. The zero-order chi connectivity index (χ0) is 13.8. The molecule has 1 aromatic rings. The van der Waals surface area contributed by atoms with Crippen molar-refractivity contribution in [3.05, 3.63) is 28.8 Å². The molecule has 4 nitrogen and oxygen atoms in total. The van der Waals surface area contributed by atoms with Crippen LogP contribution in [0.1, 0.15) is 36.5 Å². The smallest absolute Gasteiger partial charge is 0.333 e. The average Bonchev–Trinajstić information content (AvgIpc) is 2.41. The lowest BCUT2D eigenvalue weighted by atomic mass is 9.86. The molecule has 0 heterocycles. The molecular formula is C15H20O4. The Hall–Kier alpha value is -1.55. The molecule has 0 aromatic heterocycles. The van der Waals surface area contributed by atoms with Gasteiger partial charge in [0.1, 0.15) is 5.75 Å². The van der Waals surface area contributed by atoms with Gasteiger partial charge in [0.2, 0.25) is 0 Å². The van der Waals surface area contributed by atoms with Crippen LogP contribution in [0.25, 0.3) is 0 Å². The first kappa shape index (κ1) is 13.9. The van der Waals surface area contributed by atoms with Gasteiger partial charge < -0.3 is 14.9 Å². The largest absolute Gasteiger partial charge is 0.508 e. The summed E-state index contributed by atoms with van der Waals surface area (Å²) in [5.74, 6) is -0.596. The second kappa shape index (κ2) is 6.06. The number of hydrogen-bond acceptors (Lipinski definition) is 3.